The molecule has 0 saturated carbocycles. The first-order valence-electron chi connectivity index (χ1n) is 9.65. The molecule has 0 radical (unpaired) electrons. The summed E-state index contributed by atoms with van der Waals surface area (Å²) in [5.41, 5.74) is 1.33. The lowest BCUT2D eigenvalue weighted by molar-refractivity contribution is -0.917. The van der Waals surface area contributed by atoms with Gasteiger partial charge >= 0.3 is 0 Å². The molecule has 0 spiro atoms. The molecule has 28 heavy (non-hydrogen) atoms. The lowest BCUT2D eigenvalue weighted by Gasteiger charge is -2.33. The highest BCUT2D eigenvalue weighted by Gasteiger charge is 2.28. The van der Waals surface area contributed by atoms with E-state index < -0.39 is 6.10 Å². The van der Waals surface area contributed by atoms with Crippen LogP contribution in [0.3, 0.4) is 0 Å². The summed E-state index contributed by atoms with van der Waals surface area (Å²) in [7, 11) is 3.18. The van der Waals surface area contributed by atoms with E-state index in [1.54, 1.807) is 39.3 Å². The Morgan fingerprint density at radius 3 is 2.14 bits per heavy atom. The van der Waals surface area contributed by atoms with Gasteiger partial charge in [0.1, 0.15) is 23.8 Å². The van der Waals surface area contributed by atoms with Gasteiger partial charge < -0.3 is 24.0 Å². The standard InChI is InChI=1S/C22H28N2O4/c1-17(28-21-14-19(26-2)13-20(15-21)27-3)22(25)24-11-9-23(10-12-24)16-18-7-5-4-6-8-18/h4-8,13-15,17H,9-12,16H2,1-3H3/p+1/t17-/m0/s1. The predicted octanol–water partition coefficient (Wildman–Crippen LogP) is 1.40. The molecule has 0 unspecified atom stereocenters. The molecule has 1 aliphatic heterocycles. The number of methoxy groups -OCH3 is 2. The molecule has 1 atom stereocenters. The molecule has 1 N–H and O–H groups in total. The number of quaternary nitrogens is 1. The maximum absolute atomic E-state index is 12.8. The van der Waals surface area contributed by atoms with Crippen LogP contribution >= 0.6 is 0 Å². The largest absolute Gasteiger partial charge is 0.496 e. The fourth-order valence-electron chi connectivity index (χ4n) is 3.47. The van der Waals surface area contributed by atoms with E-state index in [9.17, 15) is 4.79 Å². The highest BCUT2D eigenvalue weighted by molar-refractivity contribution is 5.81. The SMILES string of the molecule is COc1cc(OC)cc(O[C@@H](C)C(=O)N2CC[NH+](Cc3ccccc3)CC2)c1. The quantitative estimate of drug-likeness (QED) is 0.783. The minimum Gasteiger partial charge on any atom is -0.496 e. The van der Waals surface area contributed by atoms with Gasteiger partial charge in [0.2, 0.25) is 0 Å². The van der Waals surface area contributed by atoms with Gasteiger partial charge in [-0.1, -0.05) is 30.3 Å². The summed E-state index contributed by atoms with van der Waals surface area (Å²) in [6.07, 6.45) is -0.563. The Morgan fingerprint density at radius 2 is 1.57 bits per heavy atom. The molecule has 0 aliphatic carbocycles. The van der Waals surface area contributed by atoms with Gasteiger partial charge in [0.05, 0.1) is 40.4 Å². The molecule has 1 heterocycles. The first-order chi connectivity index (χ1) is 13.6. The zero-order valence-corrected chi connectivity index (χ0v) is 16.8. The summed E-state index contributed by atoms with van der Waals surface area (Å²) in [5.74, 6) is 1.84. The zero-order chi connectivity index (χ0) is 19.9. The van der Waals surface area contributed by atoms with Crippen LogP contribution in [0.15, 0.2) is 48.5 Å². The molecule has 1 amide bonds. The molecule has 150 valence electrons. The van der Waals surface area contributed by atoms with Crippen LogP contribution in [0.25, 0.3) is 0 Å². The van der Waals surface area contributed by atoms with Gasteiger partial charge in [0, 0.05) is 23.8 Å². The molecule has 6 nitrogen and oxygen atoms in total. The minimum atomic E-state index is -0.563. The van der Waals surface area contributed by atoms with Gasteiger partial charge in [0.25, 0.3) is 5.91 Å². The lowest BCUT2D eigenvalue weighted by atomic mass is 10.2. The van der Waals surface area contributed by atoms with Crippen LogP contribution in [0, 0.1) is 0 Å². The number of carbonyl (C=O) groups excluding carboxylic acids is 1. The van der Waals surface area contributed by atoms with Crippen LogP contribution < -0.4 is 19.1 Å². The molecule has 2 aromatic rings. The summed E-state index contributed by atoms with van der Waals surface area (Å²) in [5, 5.41) is 0. The first-order valence-corrected chi connectivity index (χ1v) is 9.65. The third-order valence-electron chi connectivity index (χ3n) is 5.06. The maximum atomic E-state index is 12.8. The number of hydrogen-bond donors (Lipinski definition) is 1. The number of amides is 1. The third-order valence-corrected chi connectivity index (χ3v) is 5.06. The van der Waals surface area contributed by atoms with Crippen molar-refractivity contribution in [3.05, 3.63) is 54.1 Å². The molecule has 0 aromatic heterocycles. The second-order valence-corrected chi connectivity index (χ2v) is 7.05. The normalized spacial score (nSPS) is 15.8. The smallest absolute Gasteiger partial charge is 0.263 e. The second-order valence-electron chi connectivity index (χ2n) is 7.05. The van der Waals surface area contributed by atoms with Gasteiger partial charge in [-0.25, -0.2) is 0 Å². The van der Waals surface area contributed by atoms with Crippen LogP contribution in [0.1, 0.15) is 12.5 Å². The van der Waals surface area contributed by atoms with Crippen LogP contribution in [0.2, 0.25) is 0 Å². The van der Waals surface area contributed by atoms with E-state index in [4.69, 9.17) is 14.2 Å². The highest BCUT2D eigenvalue weighted by Crippen LogP contribution is 2.28. The van der Waals surface area contributed by atoms with Crippen LogP contribution in [-0.2, 0) is 11.3 Å². The number of piperazine rings is 1. The predicted molar refractivity (Wildman–Crippen MR) is 107 cm³/mol. The van der Waals surface area contributed by atoms with Crippen molar-refractivity contribution in [2.45, 2.75) is 19.6 Å². The van der Waals surface area contributed by atoms with E-state index in [1.807, 2.05) is 11.0 Å². The van der Waals surface area contributed by atoms with Crippen molar-refractivity contribution >= 4 is 5.91 Å². The zero-order valence-electron chi connectivity index (χ0n) is 16.8. The number of hydrogen-bond acceptors (Lipinski definition) is 4. The van der Waals surface area contributed by atoms with Crippen LogP contribution in [-0.4, -0.2) is 57.3 Å². The van der Waals surface area contributed by atoms with E-state index in [2.05, 4.69) is 24.3 Å². The Morgan fingerprint density at radius 1 is 1.00 bits per heavy atom. The van der Waals surface area contributed by atoms with Crippen molar-refractivity contribution in [3.8, 4) is 17.2 Å². The van der Waals surface area contributed by atoms with Crippen molar-refractivity contribution in [1.82, 2.24) is 4.90 Å². The molecular formula is C22H29N2O4+. The van der Waals surface area contributed by atoms with Gasteiger partial charge in [-0.05, 0) is 6.92 Å². The first kappa shape index (κ1) is 20.0. The number of ether oxygens (including phenoxy) is 3. The fraction of sp³-hybridized carbons (Fsp3) is 0.409. The number of carbonyl (C=O) groups is 1. The fourth-order valence-corrected chi connectivity index (χ4v) is 3.47. The number of nitrogens with one attached hydrogen (secondary N) is 1. The van der Waals surface area contributed by atoms with E-state index in [0.717, 1.165) is 32.7 Å². The molecule has 6 heteroatoms. The monoisotopic (exact) mass is 385 g/mol. The highest BCUT2D eigenvalue weighted by atomic mass is 16.5. The van der Waals surface area contributed by atoms with E-state index >= 15 is 0 Å². The molecular weight excluding hydrogens is 356 g/mol. The van der Waals surface area contributed by atoms with Crippen molar-refractivity contribution in [3.63, 3.8) is 0 Å². The Bertz CT molecular complexity index is 751. The second kappa shape index (κ2) is 9.46. The average molecular weight is 385 g/mol. The molecule has 1 aliphatic rings. The number of rotatable bonds is 7. The minimum absolute atomic E-state index is 0.0144. The van der Waals surface area contributed by atoms with Gasteiger partial charge in [-0.15, -0.1) is 0 Å². The van der Waals surface area contributed by atoms with Gasteiger partial charge in [-0.2, -0.15) is 0 Å². The molecule has 1 fully saturated rings. The number of benzene rings is 2. The summed E-state index contributed by atoms with van der Waals surface area (Å²) in [6, 6.07) is 15.8. The van der Waals surface area contributed by atoms with Crippen molar-refractivity contribution in [2.24, 2.45) is 0 Å². The van der Waals surface area contributed by atoms with E-state index in [1.165, 1.54) is 10.5 Å². The summed E-state index contributed by atoms with van der Waals surface area (Å²) >= 11 is 0. The van der Waals surface area contributed by atoms with Gasteiger partial charge in [0.15, 0.2) is 6.10 Å². The third kappa shape index (κ3) is 5.16. The summed E-state index contributed by atoms with van der Waals surface area (Å²) < 4.78 is 16.4. The number of nitrogens with zero attached hydrogens (tertiary/aromatic N) is 1. The maximum Gasteiger partial charge on any atom is 0.263 e. The Hall–Kier alpha value is -2.73. The Balaban J connectivity index is 1.53. The van der Waals surface area contributed by atoms with Crippen LogP contribution in [0.4, 0.5) is 0 Å². The summed E-state index contributed by atoms with van der Waals surface area (Å²) in [4.78, 5) is 16.2. The average Bonchev–Trinajstić information content (AvgIpc) is 2.74. The van der Waals surface area contributed by atoms with Crippen molar-refractivity contribution < 1.29 is 23.9 Å². The summed E-state index contributed by atoms with van der Waals surface area (Å²) in [6.45, 7) is 6.17. The van der Waals surface area contributed by atoms with E-state index in [0.29, 0.717) is 17.2 Å². The van der Waals surface area contributed by atoms with E-state index in [-0.39, 0.29) is 5.91 Å². The molecule has 2 aromatic carbocycles. The Kier molecular flexibility index (Phi) is 6.76. The topological polar surface area (TPSA) is 52.4 Å². The van der Waals surface area contributed by atoms with Crippen molar-refractivity contribution in [1.29, 1.82) is 0 Å². The molecule has 1 saturated heterocycles. The lowest BCUT2D eigenvalue weighted by Crippen LogP contribution is -3.13. The molecule has 0 bridgehead atoms. The van der Waals surface area contributed by atoms with Gasteiger partial charge in [-0.3, -0.25) is 4.79 Å². The van der Waals surface area contributed by atoms with Crippen LogP contribution in [0.5, 0.6) is 17.2 Å². The Labute approximate surface area is 166 Å². The molecule has 3 rings (SSSR count). The van der Waals surface area contributed by atoms with Crippen molar-refractivity contribution in [2.75, 3.05) is 40.4 Å².